The molecule has 4 nitrogen and oxygen atoms in total. The first-order chi connectivity index (χ1) is 8.74. The van der Waals surface area contributed by atoms with E-state index in [2.05, 4.69) is 10.3 Å². The summed E-state index contributed by atoms with van der Waals surface area (Å²) in [7, 11) is 0. The Labute approximate surface area is 111 Å². The predicted molar refractivity (Wildman–Crippen MR) is 72.5 cm³/mol. The van der Waals surface area contributed by atoms with E-state index in [-0.39, 0.29) is 5.91 Å². The summed E-state index contributed by atoms with van der Waals surface area (Å²) in [6, 6.07) is 0.363. The second-order valence-corrected chi connectivity index (χ2v) is 6.49. The Morgan fingerprint density at radius 1 is 1.33 bits per heavy atom. The molecule has 0 aromatic carbocycles. The van der Waals surface area contributed by atoms with Gasteiger partial charge in [0.05, 0.1) is 6.20 Å². The van der Waals surface area contributed by atoms with Gasteiger partial charge in [0.1, 0.15) is 4.88 Å². The van der Waals surface area contributed by atoms with Gasteiger partial charge < -0.3 is 11.1 Å². The van der Waals surface area contributed by atoms with Gasteiger partial charge in [-0.15, -0.1) is 0 Å². The fourth-order valence-electron chi connectivity index (χ4n) is 3.06. The monoisotopic (exact) mass is 265 g/mol. The Morgan fingerprint density at radius 3 is 2.78 bits per heavy atom. The van der Waals surface area contributed by atoms with Gasteiger partial charge in [-0.2, -0.15) is 0 Å². The lowest BCUT2D eigenvalue weighted by molar-refractivity contribution is 0.0903. The number of nitrogen functional groups attached to an aromatic ring is 1. The van der Waals surface area contributed by atoms with Crippen molar-refractivity contribution in [2.45, 2.75) is 44.6 Å². The second-order valence-electron chi connectivity index (χ2n) is 5.43. The number of carbonyl (C=O) groups excluding carboxylic acids is 1. The normalized spacial score (nSPS) is 28.0. The molecule has 5 heteroatoms. The predicted octanol–water partition coefficient (Wildman–Crippen LogP) is 2.42. The van der Waals surface area contributed by atoms with Gasteiger partial charge in [0, 0.05) is 6.04 Å². The van der Waals surface area contributed by atoms with Gasteiger partial charge in [-0.1, -0.05) is 24.2 Å². The van der Waals surface area contributed by atoms with Crippen LogP contribution in [0.1, 0.15) is 48.2 Å². The van der Waals surface area contributed by atoms with E-state index in [1.165, 1.54) is 43.4 Å². The molecule has 18 heavy (non-hydrogen) atoms. The summed E-state index contributed by atoms with van der Waals surface area (Å²) < 4.78 is 0. The molecule has 98 valence electrons. The summed E-state index contributed by atoms with van der Waals surface area (Å²) in [6.45, 7) is 0. The molecule has 2 saturated carbocycles. The SMILES string of the molecule is Nc1ncc(C(=O)NC2CCCCC2C2CC2)s1. The molecule has 0 radical (unpaired) electrons. The molecule has 0 bridgehead atoms. The number of nitrogens with two attached hydrogens (primary N) is 1. The summed E-state index contributed by atoms with van der Waals surface area (Å²) in [6.07, 6.45) is 9.24. The highest BCUT2D eigenvalue weighted by Gasteiger charge is 2.38. The van der Waals surface area contributed by atoms with Crippen molar-refractivity contribution in [1.82, 2.24) is 10.3 Å². The number of carbonyl (C=O) groups is 1. The summed E-state index contributed by atoms with van der Waals surface area (Å²) in [5, 5.41) is 3.66. The number of hydrogen-bond donors (Lipinski definition) is 2. The van der Waals surface area contributed by atoms with Crippen molar-refractivity contribution in [2.24, 2.45) is 11.8 Å². The van der Waals surface area contributed by atoms with E-state index in [0.29, 0.717) is 22.0 Å². The van der Waals surface area contributed by atoms with Crippen molar-refractivity contribution in [1.29, 1.82) is 0 Å². The number of nitrogens with zero attached hydrogens (tertiary/aromatic N) is 1. The zero-order chi connectivity index (χ0) is 12.5. The van der Waals surface area contributed by atoms with Gasteiger partial charge >= 0.3 is 0 Å². The topological polar surface area (TPSA) is 68.0 Å². The van der Waals surface area contributed by atoms with Gasteiger partial charge in [0.15, 0.2) is 5.13 Å². The molecule has 2 fully saturated rings. The smallest absolute Gasteiger partial charge is 0.263 e. The molecular weight excluding hydrogens is 246 g/mol. The van der Waals surface area contributed by atoms with E-state index < -0.39 is 0 Å². The number of anilines is 1. The molecule has 2 atom stereocenters. The lowest BCUT2D eigenvalue weighted by atomic mass is 9.81. The number of rotatable bonds is 3. The zero-order valence-corrected chi connectivity index (χ0v) is 11.2. The minimum Gasteiger partial charge on any atom is -0.375 e. The Morgan fingerprint density at radius 2 is 2.11 bits per heavy atom. The Kier molecular flexibility index (Phi) is 3.24. The number of thiazole rings is 1. The van der Waals surface area contributed by atoms with Gasteiger partial charge in [0.25, 0.3) is 5.91 Å². The maximum atomic E-state index is 12.1. The number of aromatic nitrogens is 1. The van der Waals surface area contributed by atoms with Crippen LogP contribution in [0.3, 0.4) is 0 Å². The van der Waals surface area contributed by atoms with Crippen LogP contribution in [0.4, 0.5) is 5.13 Å². The first-order valence-corrected chi connectivity index (χ1v) is 7.58. The molecular formula is C13H19N3OS. The number of nitrogens with one attached hydrogen (secondary N) is 1. The highest BCUT2D eigenvalue weighted by molar-refractivity contribution is 7.17. The molecule has 2 aliphatic carbocycles. The number of amides is 1. The largest absolute Gasteiger partial charge is 0.375 e. The third-order valence-electron chi connectivity index (χ3n) is 4.11. The second kappa shape index (κ2) is 4.88. The van der Waals surface area contributed by atoms with Crippen LogP contribution in [0, 0.1) is 11.8 Å². The highest BCUT2D eigenvalue weighted by atomic mass is 32.1. The van der Waals surface area contributed by atoms with Gasteiger partial charge in [-0.25, -0.2) is 4.98 Å². The van der Waals surface area contributed by atoms with E-state index in [1.807, 2.05) is 0 Å². The third kappa shape index (κ3) is 2.51. The Hall–Kier alpha value is -1.10. The maximum absolute atomic E-state index is 12.1. The van der Waals surface area contributed by atoms with Gasteiger partial charge in [0.2, 0.25) is 0 Å². The van der Waals surface area contributed by atoms with E-state index >= 15 is 0 Å². The van der Waals surface area contributed by atoms with E-state index in [9.17, 15) is 4.79 Å². The average molecular weight is 265 g/mol. The number of hydrogen-bond acceptors (Lipinski definition) is 4. The van der Waals surface area contributed by atoms with Crippen molar-refractivity contribution in [3.63, 3.8) is 0 Å². The Bertz CT molecular complexity index is 441. The standard InChI is InChI=1S/C13H19N3OS/c14-13-15-7-11(18-13)12(17)16-10-4-2-1-3-9(10)8-5-6-8/h7-10H,1-6H2,(H2,14,15)(H,16,17). The summed E-state index contributed by atoms with van der Waals surface area (Å²) >= 11 is 1.26. The third-order valence-corrected chi connectivity index (χ3v) is 4.94. The van der Waals surface area contributed by atoms with E-state index in [4.69, 9.17) is 5.73 Å². The van der Waals surface area contributed by atoms with Crippen LogP contribution >= 0.6 is 11.3 Å². The van der Waals surface area contributed by atoms with Crippen LogP contribution in [0.15, 0.2) is 6.20 Å². The van der Waals surface area contributed by atoms with Crippen molar-refractivity contribution < 1.29 is 4.79 Å². The van der Waals surface area contributed by atoms with Crippen molar-refractivity contribution >= 4 is 22.4 Å². The van der Waals surface area contributed by atoms with E-state index in [0.717, 1.165) is 12.3 Å². The lowest BCUT2D eigenvalue weighted by Gasteiger charge is -2.32. The molecule has 0 saturated heterocycles. The molecule has 2 aliphatic rings. The molecule has 3 rings (SSSR count). The minimum absolute atomic E-state index is 0.00162. The molecule has 3 N–H and O–H groups in total. The average Bonchev–Trinajstić information content (AvgIpc) is 3.12. The fourth-order valence-corrected chi connectivity index (χ4v) is 3.65. The fraction of sp³-hybridized carbons (Fsp3) is 0.692. The molecule has 2 unspecified atom stereocenters. The van der Waals surface area contributed by atoms with Gasteiger partial charge in [-0.3, -0.25) is 4.79 Å². The Balaban J connectivity index is 1.65. The summed E-state index contributed by atoms with van der Waals surface area (Å²) in [5.74, 6) is 1.57. The van der Waals surface area contributed by atoms with Crippen LogP contribution in [-0.4, -0.2) is 16.9 Å². The maximum Gasteiger partial charge on any atom is 0.263 e. The van der Waals surface area contributed by atoms with E-state index in [1.54, 1.807) is 6.20 Å². The van der Waals surface area contributed by atoms with Gasteiger partial charge in [-0.05, 0) is 37.5 Å². The van der Waals surface area contributed by atoms with Crippen molar-refractivity contribution in [3.05, 3.63) is 11.1 Å². The van der Waals surface area contributed by atoms with Crippen LogP contribution in [0.5, 0.6) is 0 Å². The molecule has 1 heterocycles. The molecule has 1 amide bonds. The molecule has 1 aromatic rings. The first-order valence-electron chi connectivity index (χ1n) is 6.76. The van der Waals surface area contributed by atoms with Crippen molar-refractivity contribution in [2.75, 3.05) is 5.73 Å². The quantitative estimate of drug-likeness (QED) is 0.882. The minimum atomic E-state index is 0.00162. The summed E-state index contributed by atoms with van der Waals surface area (Å²) in [5.41, 5.74) is 5.56. The molecule has 1 aromatic heterocycles. The van der Waals surface area contributed by atoms with Crippen LogP contribution in [0.25, 0.3) is 0 Å². The zero-order valence-electron chi connectivity index (χ0n) is 10.4. The molecule has 0 aliphatic heterocycles. The lowest BCUT2D eigenvalue weighted by Crippen LogP contribution is -2.42. The highest BCUT2D eigenvalue weighted by Crippen LogP contribution is 2.44. The van der Waals surface area contributed by atoms with Crippen molar-refractivity contribution in [3.8, 4) is 0 Å². The molecule has 0 spiro atoms. The van der Waals surface area contributed by atoms with Crippen LogP contribution in [-0.2, 0) is 0 Å². The first kappa shape index (κ1) is 12.0. The van der Waals surface area contributed by atoms with Crippen LogP contribution < -0.4 is 11.1 Å². The summed E-state index contributed by atoms with van der Waals surface area (Å²) in [4.78, 5) is 16.7. The van der Waals surface area contributed by atoms with Crippen LogP contribution in [0.2, 0.25) is 0 Å².